The number of fused-ring (bicyclic) bond motifs is 2. The fourth-order valence-electron chi connectivity index (χ4n) is 5.71. The molecule has 2 aromatic carbocycles. The van der Waals surface area contributed by atoms with Crippen molar-refractivity contribution in [2.45, 2.75) is 44.3 Å². The van der Waals surface area contributed by atoms with Gasteiger partial charge in [-0.25, -0.2) is 0 Å². The van der Waals surface area contributed by atoms with E-state index in [0.717, 1.165) is 56.9 Å². The Kier molecular flexibility index (Phi) is 4.92. The molecule has 6 heteroatoms. The maximum absolute atomic E-state index is 12.8. The van der Waals surface area contributed by atoms with Gasteiger partial charge in [-0.05, 0) is 61.0 Å². The molecule has 3 aromatic rings. The molecule has 2 fully saturated rings. The smallest absolute Gasteiger partial charge is 0.254 e. The second-order valence-electron chi connectivity index (χ2n) is 9.08. The van der Waals surface area contributed by atoms with Gasteiger partial charge in [0.1, 0.15) is 5.82 Å². The number of nitrogens with zero attached hydrogens (tertiary/aromatic N) is 4. The summed E-state index contributed by atoms with van der Waals surface area (Å²) >= 11 is 1.61. The molecule has 0 atom stereocenters. The van der Waals surface area contributed by atoms with Crippen molar-refractivity contribution in [3.63, 3.8) is 0 Å². The molecule has 0 unspecified atom stereocenters. The van der Waals surface area contributed by atoms with Crippen LogP contribution in [0.4, 0.5) is 5.82 Å². The van der Waals surface area contributed by atoms with Gasteiger partial charge < -0.3 is 9.80 Å². The highest BCUT2D eigenvalue weighted by atomic mass is 32.1. The summed E-state index contributed by atoms with van der Waals surface area (Å²) in [5, 5.41) is 1.29. The lowest BCUT2D eigenvalue weighted by atomic mass is 9.89. The number of hydrogen-bond acceptors (Lipinski definition) is 5. The summed E-state index contributed by atoms with van der Waals surface area (Å²) in [6.07, 6.45) is 4.65. The van der Waals surface area contributed by atoms with Gasteiger partial charge in [-0.1, -0.05) is 30.3 Å². The molecule has 160 valence electrons. The highest BCUT2D eigenvalue weighted by Gasteiger charge is 2.36. The Bertz CT molecular complexity index is 1100. The number of amides is 1. The average Bonchev–Trinajstić information content (AvgIpc) is 3.41. The first kappa shape index (κ1) is 19.3. The van der Waals surface area contributed by atoms with Crippen molar-refractivity contribution in [3.05, 3.63) is 59.7 Å². The Balaban J connectivity index is 1.05. The Morgan fingerprint density at radius 2 is 1.55 bits per heavy atom. The molecule has 0 bridgehead atoms. The Morgan fingerprint density at radius 1 is 0.839 bits per heavy atom. The molecule has 1 amide bonds. The molecule has 1 saturated heterocycles. The van der Waals surface area contributed by atoms with Crippen LogP contribution in [0.5, 0.6) is 0 Å². The number of anilines is 1. The first-order valence-electron chi connectivity index (χ1n) is 11.5. The molecule has 1 aliphatic carbocycles. The maximum Gasteiger partial charge on any atom is 0.254 e. The zero-order chi connectivity index (χ0) is 20.8. The Hall–Kier alpha value is -2.44. The number of benzene rings is 2. The van der Waals surface area contributed by atoms with E-state index in [1.165, 1.54) is 28.5 Å². The Labute approximate surface area is 187 Å². The van der Waals surface area contributed by atoms with Crippen molar-refractivity contribution in [1.29, 1.82) is 0 Å². The van der Waals surface area contributed by atoms with Gasteiger partial charge in [0.25, 0.3) is 5.91 Å². The van der Waals surface area contributed by atoms with Crippen molar-refractivity contribution in [3.8, 4) is 0 Å². The van der Waals surface area contributed by atoms with Crippen molar-refractivity contribution in [1.82, 2.24) is 14.2 Å². The van der Waals surface area contributed by atoms with Crippen LogP contribution in [0.25, 0.3) is 10.1 Å². The molecule has 2 aliphatic heterocycles. The zero-order valence-corrected chi connectivity index (χ0v) is 18.6. The van der Waals surface area contributed by atoms with E-state index in [9.17, 15) is 4.79 Å². The fraction of sp³-hybridized carbons (Fsp3) is 0.440. The minimum atomic E-state index is 0.239. The first-order valence-corrected chi connectivity index (χ1v) is 12.3. The van der Waals surface area contributed by atoms with E-state index >= 15 is 0 Å². The minimum Gasteiger partial charge on any atom is -0.353 e. The van der Waals surface area contributed by atoms with E-state index in [1.54, 1.807) is 11.5 Å². The van der Waals surface area contributed by atoms with Crippen LogP contribution in [0, 0.1) is 0 Å². The maximum atomic E-state index is 12.8. The molecule has 1 aromatic heterocycles. The van der Waals surface area contributed by atoms with Gasteiger partial charge in [0.15, 0.2) is 0 Å². The zero-order valence-electron chi connectivity index (χ0n) is 17.7. The predicted octanol–water partition coefficient (Wildman–Crippen LogP) is 4.39. The Morgan fingerprint density at radius 3 is 2.35 bits per heavy atom. The van der Waals surface area contributed by atoms with E-state index in [1.807, 2.05) is 18.2 Å². The van der Waals surface area contributed by atoms with Gasteiger partial charge >= 0.3 is 0 Å². The molecule has 5 nitrogen and oxygen atoms in total. The summed E-state index contributed by atoms with van der Waals surface area (Å²) in [6.45, 7) is 5.11. The number of carbonyl (C=O) groups is 1. The minimum absolute atomic E-state index is 0.239. The molecule has 0 radical (unpaired) electrons. The largest absolute Gasteiger partial charge is 0.353 e. The van der Waals surface area contributed by atoms with Crippen molar-refractivity contribution in [2.75, 3.05) is 31.1 Å². The molecule has 3 heterocycles. The normalized spacial score (nSPS) is 24.7. The summed E-state index contributed by atoms with van der Waals surface area (Å²) in [5.41, 5.74) is 2.11. The van der Waals surface area contributed by atoms with Gasteiger partial charge in [-0.3, -0.25) is 9.69 Å². The SMILES string of the molecule is O=C1c2ccccc2CN1[C@H]1CC[C@@H](N2CCN(c3nsc4ccccc34)CC2)CC1. The lowest BCUT2D eigenvalue weighted by Gasteiger charge is -2.43. The van der Waals surface area contributed by atoms with Crippen LogP contribution >= 0.6 is 11.5 Å². The number of hydrogen-bond donors (Lipinski definition) is 0. The first-order chi connectivity index (χ1) is 15.3. The summed E-state index contributed by atoms with van der Waals surface area (Å²) in [4.78, 5) is 20.1. The topological polar surface area (TPSA) is 39.7 Å². The molecule has 0 N–H and O–H groups in total. The van der Waals surface area contributed by atoms with E-state index in [0.29, 0.717) is 12.1 Å². The van der Waals surface area contributed by atoms with Crippen molar-refractivity contribution in [2.24, 2.45) is 0 Å². The standard InChI is InChI=1S/C25H28N4OS/c30-25-21-6-2-1-5-18(21)17-29(25)20-11-9-19(10-12-20)27-13-15-28(16-14-27)24-22-7-3-4-8-23(22)31-26-24/h1-8,19-20H,9-17H2/t19-,20+. The van der Waals surface area contributed by atoms with Crippen LogP contribution in [0.2, 0.25) is 0 Å². The molecule has 3 aliphatic rings. The number of aromatic nitrogens is 1. The summed E-state index contributed by atoms with van der Waals surface area (Å²) in [7, 11) is 0. The third-order valence-corrected chi connectivity index (χ3v) is 8.26. The molecular weight excluding hydrogens is 404 g/mol. The van der Waals surface area contributed by atoms with Gasteiger partial charge in [0.2, 0.25) is 0 Å². The number of carbonyl (C=O) groups excluding carboxylic acids is 1. The quantitative estimate of drug-likeness (QED) is 0.616. The molecule has 1 saturated carbocycles. The summed E-state index contributed by atoms with van der Waals surface area (Å²) in [6, 6.07) is 17.7. The summed E-state index contributed by atoms with van der Waals surface area (Å²) in [5.74, 6) is 1.40. The van der Waals surface area contributed by atoms with Crippen molar-refractivity contribution < 1.29 is 4.79 Å². The summed E-state index contributed by atoms with van der Waals surface area (Å²) < 4.78 is 6.02. The van der Waals surface area contributed by atoms with Crippen LogP contribution in [-0.4, -0.2) is 58.3 Å². The third-order valence-electron chi connectivity index (χ3n) is 7.44. The highest BCUT2D eigenvalue weighted by Crippen LogP contribution is 2.34. The lowest BCUT2D eigenvalue weighted by Crippen LogP contribution is -2.52. The van der Waals surface area contributed by atoms with Crippen LogP contribution in [0.15, 0.2) is 48.5 Å². The van der Waals surface area contributed by atoms with Crippen LogP contribution in [0.3, 0.4) is 0 Å². The van der Waals surface area contributed by atoms with E-state index in [-0.39, 0.29) is 5.91 Å². The van der Waals surface area contributed by atoms with Gasteiger partial charge in [-0.2, -0.15) is 4.37 Å². The molecule has 0 spiro atoms. The van der Waals surface area contributed by atoms with Gasteiger partial charge in [0.05, 0.1) is 4.70 Å². The monoisotopic (exact) mass is 432 g/mol. The second-order valence-corrected chi connectivity index (χ2v) is 9.88. The number of rotatable bonds is 3. The van der Waals surface area contributed by atoms with Crippen LogP contribution in [-0.2, 0) is 6.54 Å². The molecule has 31 heavy (non-hydrogen) atoms. The predicted molar refractivity (Wildman–Crippen MR) is 126 cm³/mol. The van der Waals surface area contributed by atoms with E-state index < -0.39 is 0 Å². The van der Waals surface area contributed by atoms with Crippen molar-refractivity contribution >= 4 is 33.3 Å². The van der Waals surface area contributed by atoms with E-state index in [4.69, 9.17) is 4.37 Å². The van der Waals surface area contributed by atoms with Gasteiger partial charge in [-0.15, -0.1) is 0 Å². The van der Waals surface area contributed by atoms with Gasteiger partial charge in [0, 0.05) is 55.8 Å². The molecular formula is C25H28N4OS. The average molecular weight is 433 g/mol. The third kappa shape index (κ3) is 3.42. The lowest BCUT2D eigenvalue weighted by molar-refractivity contribution is 0.0577. The second kappa shape index (κ2) is 7.92. The number of piperazine rings is 1. The van der Waals surface area contributed by atoms with Crippen LogP contribution in [0.1, 0.15) is 41.6 Å². The van der Waals surface area contributed by atoms with Crippen LogP contribution < -0.4 is 4.90 Å². The van der Waals surface area contributed by atoms with E-state index in [2.05, 4.69) is 45.0 Å². The molecule has 6 rings (SSSR count). The fourth-order valence-corrected chi connectivity index (χ4v) is 6.50. The highest BCUT2D eigenvalue weighted by molar-refractivity contribution is 7.13.